The molecule has 0 unspecified atom stereocenters. The van der Waals surface area contributed by atoms with E-state index in [9.17, 15) is 4.79 Å². The average Bonchev–Trinajstić information content (AvgIpc) is 2.82. The second-order valence-corrected chi connectivity index (χ2v) is 10.4. The van der Waals surface area contributed by atoms with Crippen LogP contribution in [0.25, 0.3) is 5.57 Å². The summed E-state index contributed by atoms with van der Waals surface area (Å²) in [6.45, 7) is 8.71. The quantitative estimate of drug-likeness (QED) is 0.308. The van der Waals surface area contributed by atoms with Gasteiger partial charge in [-0.05, 0) is 80.8 Å². The Bertz CT molecular complexity index is 1300. The topological polar surface area (TPSA) is 35.5 Å². The van der Waals surface area contributed by atoms with Crippen molar-refractivity contribution in [2.75, 3.05) is 13.7 Å². The standard InChI is InChI=1S/C30H28O3S/c1-6-33-29(31)23-14-9-21(10-15-23)11-16-24-17-25-26(22-12-7-20(2)8-13-22)19-30(3,4)34-28(25)18-27(24)32-5/h7-10,12-15,17-19H,6H2,1-5H3. The number of methoxy groups -OCH3 is 1. The first-order valence-electron chi connectivity index (χ1n) is 11.3. The number of esters is 1. The molecule has 1 heterocycles. The molecule has 0 fully saturated rings. The molecule has 4 heteroatoms. The van der Waals surface area contributed by atoms with Crippen molar-refractivity contribution in [3.63, 3.8) is 0 Å². The van der Waals surface area contributed by atoms with Gasteiger partial charge in [-0.15, -0.1) is 11.8 Å². The number of ether oxygens (including phenoxy) is 2. The first-order chi connectivity index (χ1) is 16.3. The Labute approximate surface area is 206 Å². The van der Waals surface area contributed by atoms with E-state index in [1.807, 2.05) is 23.9 Å². The minimum Gasteiger partial charge on any atom is -0.495 e. The van der Waals surface area contributed by atoms with Gasteiger partial charge in [0.15, 0.2) is 0 Å². The summed E-state index contributed by atoms with van der Waals surface area (Å²) in [5, 5.41) is 0. The lowest BCUT2D eigenvalue weighted by molar-refractivity contribution is 0.0526. The molecule has 0 bridgehead atoms. The molecular weight excluding hydrogens is 440 g/mol. The van der Waals surface area contributed by atoms with Crippen LogP contribution in [0, 0.1) is 18.8 Å². The van der Waals surface area contributed by atoms with E-state index in [1.54, 1.807) is 26.2 Å². The minimum atomic E-state index is -0.325. The van der Waals surface area contributed by atoms with Gasteiger partial charge in [-0.3, -0.25) is 0 Å². The molecule has 3 aromatic carbocycles. The van der Waals surface area contributed by atoms with Crippen LogP contribution in [-0.2, 0) is 4.74 Å². The lowest BCUT2D eigenvalue weighted by atomic mass is 9.92. The first kappa shape index (κ1) is 23.7. The third-order valence-corrected chi connectivity index (χ3v) is 6.76. The van der Waals surface area contributed by atoms with Crippen molar-refractivity contribution < 1.29 is 14.3 Å². The van der Waals surface area contributed by atoms with Crippen LogP contribution in [0.5, 0.6) is 5.75 Å². The molecule has 0 saturated heterocycles. The Morgan fingerprint density at radius 3 is 2.35 bits per heavy atom. The maximum absolute atomic E-state index is 11.9. The van der Waals surface area contributed by atoms with E-state index in [4.69, 9.17) is 9.47 Å². The second kappa shape index (κ2) is 9.83. The Balaban J connectivity index is 1.73. The van der Waals surface area contributed by atoms with E-state index in [2.05, 4.69) is 75.1 Å². The van der Waals surface area contributed by atoms with Crippen molar-refractivity contribution in [1.82, 2.24) is 0 Å². The van der Waals surface area contributed by atoms with Crippen molar-refractivity contribution in [1.29, 1.82) is 0 Å². The molecule has 0 N–H and O–H groups in total. The van der Waals surface area contributed by atoms with Crippen LogP contribution < -0.4 is 4.74 Å². The molecule has 3 nitrogen and oxygen atoms in total. The number of hydrogen-bond acceptors (Lipinski definition) is 4. The van der Waals surface area contributed by atoms with E-state index in [-0.39, 0.29) is 10.7 Å². The Morgan fingerprint density at radius 1 is 1.00 bits per heavy atom. The Morgan fingerprint density at radius 2 is 1.71 bits per heavy atom. The van der Waals surface area contributed by atoms with Gasteiger partial charge in [-0.1, -0.05) is 47.7 Å². The highest BCUT2D eigenvalue weighted by Gasteiger charge is 2.28. The maximum Gasteiger partial charge on any atom is 0.338 e. The number of carbonyl (C=O) groups excluding carboxylic acids is 1. The largest absolute Gasteiger partial charge is 0.495 e. The lowest BCUT2D eigenvalue weighted by Gasteiger charge is -2.30. The monoisotopic (exact) mass is 468 g/mol. The van der Waals surface area contributed by atoms with Crippen LogP contribution in [0.15, 0.2) is 71.6 Å². The number of hydrogen-bond donors (Lipinski definition) is 0. The fraction of sp³-hybridized carbons (Fsp3) is 0.233. The SMILES string of the molecule is CCOC(=O)c1ccc(C#Cc2cc3c(cc2OC)SC(C)(C)C=C3c2ccc(C)cc2)cc1. The van der Waals surface area contributed by atoms with Gasteiger partial charge in [-0.2, -0.15) is 0 Å². The Hall–Kier alpha value is -3.42. The van der Waals surface area contributed by atoms with Gasteiger partial charge in [0.25, 0.3) is 0 Å². The van der Waals surface area contributed by atoms with E-state index < -0.39 is 0 Å². The third kappa shape index (κ3) is 5.21. The van der Waals surface area contributed by atoms with Crippen molar-refractivity contribution in [3.05, 3.63) is 100 Å². The van der Waals surface area contributed by atoms with Crippen molar-refractivity contribution >= 4 is 23.3 Å². The predicted octanol–water partition coefficient (Wildman–Crippen LogP) is 6.90. The molecular formula is C30H28O3S. The molecule has 0 aromatic heterocycles. The van der Waals surface area contributed by atoms with Gasteiger partial charge in [-0.25, -0.2) is 4.79 Å². The lowest BCUT2D eigenvalue weighted by Crippen LogP contribution is -2.16. The molecule has 0 spiro atoms. The molecule has 172 valence electrons. The molecule has 1 aliphatic heterocycles. The summed E-state index contributed by atoms with van der Waals surface area (Å²) in [6, 6.07) is 20.0. The summed E-state index contributed by atoms with van der Waals surface area (Å²) in [7, 11) is 1.68. The molecule has 0 aliphatic carbocycles. The Kier molecular flexibility index (Phi) is 6.86. The van der Waals surface area contributed by atoms with Crippen LogP contribution in [-0.4, -0.2) is 24.4 Å². The number of benzene rings is 3. The molecule has 3 aromatic rings. The maximum atomic E-state index is 11.9. The fourth-order valence-corrected chi connectivity index (χ4v) is 5.06. The van der Waals surface area contributed by atoms with Crippen LogP contribution >= 0.6 is 11.8 Å². The molecule has 0 saturated carbocycles. The highest BCUT2D eigenvalue weighted by Crippen LogP contribution is 2.47. The van der Waals surface area contributed by atoms with Crippen molar-refractivity contribution in [2.45, 2.75) is 37.3 Å². The van der Waals surface area contributed by atoms with Gasteiger partial charge in [0.05, 0.1) is 24.8 Å². The van der Waals surface area contributed by atoms with E-state index in [0.29, 0.717) is 12.2 Å². The summed E-state index contributed by atoms with van der Waals surface area (Å²) in [5.41, 5.74) is 6.97. The minimum absolute atomic E-state index is 0.0356. The zero-order chi connectivity index (χ0) is 24.3. The fourth-order valence-electron chi connectivity index (χ4n) is 3.88. The summed E-state index contributed by atoms with van der Waals surface area (Å²) in [5.74, 6) is 6.92. The highest BCUT2D eigenvalue weighted by atomic mass is 32.2. The zero-order valence-corrected chi connectivity index (χ0v) is 21.0. The summed E-state index contributed by atoms with van der Waals surface area (Å²) in [6.07, 6.45) is 2.34. The van der Waals surface area contributed by atoms with Gasteiger partial charge in [0, 0.05) is 15.2 Å². The molecule has 34 heavy (non-hydrogen) atoms. The molecule has 1 aliphatic rings. The van der Waals surface area contributed by atoms with Gasteiger partial charge in [0.2, 0.25) is 0 Å². The van der Waals surface area contributed by atoms with Crippen LogP contribution in [0.1, 0.15) is 58.9 Å². The van der Waals surface area contributed by atoms with Crippen molar-refractivity contribution in [2.24, 2.45) is 0 Å². The van der Waals surface area contributed by atoms with E-state index in [0.717, 1.165) is 22.4 Å². The van der Waals surface area contributed by atoms with Gasteiger partial charge in [0.1, 0.15) is 5.75 Å². The van der Waals surface area contributed by atoms with Crippen LogP contribution in [0.3, 0.4) is 0 Å². The van der Waals surface area contributed by atoms with Gasteiger partial charge >= 0.3 is 5.97 Å². The second-order valence-electron chi connectivity index (χ2n) is 8.73. The molecule has 0 atom stereocenters. The predicted molar refractivity (Wildman–Crippen MR) is 140 cm³/mol. The number of rotatable bonds is 4. The van der Waals surface area contributed by atoms with Gasteiger partial charge < -0.3 is 9.47 Å². The normalized spacial score (nSPS) is 13.7. The number of carbonyl (C=O) groups is 1. The number of thioether (sulfide) groups is 1. The zero-order valence-electron chi connectivity index (χ0n) is 20.2. The number of fused-ring (bicyclic) bond motifs is 1. The summed E-state index contributed by atoms with van der Waals surface area (Å²) >= 11 is 1.83. The van der Waals surface area contributed by atoms with E-state index >= 15 is 0 Å². The molecule has 4 rings (SSSR count). The third-order valence-electron chi connectivity index (χ3n) is 5.56. The highest BCUT2D eigenvalue weighted by molar-refractivity contribution is 8.01. The molecule has 0 amide bonds. The van der Waals surface area contributed by atoms with E-state index in [1.165, 1.54) is 21.6 Å². The smallest absolute Gasteiger partial charge is 0.338 e. The van der Waals surface area contributed by atoms with Crippen LogP contribution in [0.4, 0.5) is 0 Å². The first-order valence-corrected chi connectivity index (χ1v) is 12.1. The molecule has 0 radical (unpaired) electrons. The summed E-state index contributed by atoms with van der Waals surface area (Å²) in [4.78, 5) is 13.1. The number of aryl methyl sites for hydroxylation is 1. The van der Waals surface area contributed by atoms with Crippen molar-refractivity contribution in [3.8, 4) is 17.6 Å². The average molecular weight is 469 g/mol. The van der Waals surface area contributed by atoms with Crippen LogP contribution in [0.2, 0.25) is 0 Å². The summed E-state index contributed by atoms with van der Waals surface area (Å²) < 4.78 is 10.7.